The number of alkyl halides is 12. The topological polar surface area (TPSA) is 153 Å². The van der Waals surface area contributed by atoms with Crippen LogP contribution in [0.25, 0.3) is 22.3 Å². The van der Waals surface area contributed by atoms with E-state index in [2.05, 4.69) is 30.1 Å². The fourth-order valence-corrected chi connectivity index (χ4v) is 9.77. The van der Waals surface area contributed by atoms with Crippen LogP contribution in [-0.4, -0.2) is 110 Å². The van der Waals surface area contributed by atoms with Gasteiger partial charge in [-0.2, -0.15) is 62.9 Å². The number of carbonyl (C=O) groups is 2. The number of rotatable bonds is 13. The molecule has 0 bridgehead atoms. The summed E-state index contributed by atoms with van der Waals surface area (Å²) < 4.78 is 177. The molecule has 2 saturated heterocycles. The second-order valence-electron chi connectivity index (χ2n) is 21.6. The molecule has 4 aromatic heterocycles. The van der Waals surface area contributed by atoms with Gasteiger partial charge in [-0.05, 0) is 108 Å². The molecule has 6 aromatic rings. The molecule has 0 N–H and O–H groups in total. The van der Waals surface area contributed by atoms with Gasteiger partial charge in [0, 0.05) is 112 Å². The molecular formula is C55H62F12N12O4. The van der Waals surface area contributed by atoms with Crippen LogP contribution in [0.4, 0.5) is 74.2 Å². The van der Waals surface area contributed by atoms with E-state index < -0.39 is 76.8 Å². The fourth-order valence-electron chi connectivity index (χ4n) is 9.77. The smallest absolute Gasteiger partial charge is 0.416 e. The molecule has 450 valence electrons. The number of nitrogens with zero attached hydrogens (tertiary/aromatic N) is 12. The average Bonchev–Trinajstić information content (AvgIpc) is 3.99. The van der Waals surface area contributed by atoms with E-state index in [1.165, 1.54) is 29.7 Å². The van der Waals surface area contributed by atoms with Gasteiger partial charge in [0.1, 0.15) is 5.60 Å². The SMILES string of the molecule is CC[C@@H]1C[C@H](N(Cc2cc(C(F)(F)F)cc(C(F)(F)F)c2)c2ncc(-c3cnn(C)c3)cn2)CN1C(=O)OC(C)(C)C.CC[C@@H]1C[C@H](N(Cc2cc(C(F)(F)F)cc(C(F)(F)F)c2)c2ncc(-c3cnn(C)c3)cn2)CN1C(=O)OC(C)C. The summed E-state index contributed by atoms with van der Waals surface area (Å²) in [6.45, 7) is 11.9. The van der Waals surface area contributed by atoms with Crippen LogP contribution in [0.3, 0.4) is 0 Å². The van der Waals surface area contributed by atoms with Crippen molar-refractivity contribution in [3.05, 3.63) is 119 Å². The number of halogens is 12. The monoisotopic (exact) mass is 1180 g/mol. The van der Waals surface area contributed by atoms with Crippen LogP contribution in [0.2, 0.25) is 0 Å². The molecule has 6 heterocycles. The minimum absolute atomic E-state index is 0.0966. The molecule has 0 saturated carbocycles. The molecule has 2 aliphatic rings. The number of aryl methyl sites for hydroxylation is 2. The highest BCUT2D eigenvalue weighted by Crippen LogP contribution is 2.40. The van der Waals surface area contributed by atoms with Crippen LogP contribution in [-0.2, 0) is 61.4 Å². The molecule has 2 amide bonds. The Labute approximate surface area is 470 Å². The van der Waals surface area contributed by atoms with Gasteiger partial charge in [0.05, 0.1) is 52.8 Å². The van der Waals surface area contributed by atoms with Crippen molar-refractivity contribution in [3.8, 4) is 22.3 Å². The van der Waals surface area contributed by atoms with Gasteiger partial charge in [-0.25, -0.2) is 29.5 Å². The first-order chi connectivity index (χ1) is 38.6. The van der Waals surface area contributed by atoms with Crippen molar-refractivity contribution in [1.29, 1.82) is 0 Å². The summed E-state index contributed by atoms with van der Waals surface area (Å²) in [6, 6.07) is 1.44. The van der Waals surface area contributed by atoms with Gasteiger partial charge < -0.3 is 29.1 Å². The van der Waals surface area contributed by atoms with Crippen molar-refractivity contribution in [2.24, 2.45) is 14.1 Å². The van der Waals surface area contributed by atoms with Crippen LogP contribution >= 0.6 is 0 Å². The molecule has 0 unspecified atom stereocenters. The van der Waals surface area contributed by atoms with Gasteiger partial charge in [0.25, 0.3) is 0 Å². The van der Waals surface area contributed by atoms with Crippen molar-refractivity contribution < 1.29 is 71.7 Å². The fraction of sp³-hybridized carbons (Fsp3) is 0.491. The first kappa shape index (κ1) is 62.9. The molecule has 83 heavy (non-hydrogen) atoms. The van der Waals surface area contributed by atoms with Gasteiger partial charge in [-0.15, -0.1) is 0 Å². The maximum Gasteiger partial charge on any atom is 0.416 e. The van der Waals surface area contributed by atoms with Gasteiger partial charge >= 0.3 is 36.9 Å². The lowest BCUT2D eigenvalue weighted by Gasteiger charge is -2.30. The third-order valence-electron chi connectivity index (χ3n) is 13.7. The molecule has 0 radical (unpaired) electrons. The zero-order valence-corrected chi connectivity index (χ0v) is 46.7. The normalized spacial score (nSPS) is 17.9. The highest BCUT2D eigenvalue weighted by Gasteiger charge is 2.44. The average molecular weight is 1180 g/mol. The highest BCUT2D eigenvalue weighted by molar-refractivity contribution is 5.70. The Morgan fingerprint density at radius 2 is 0.880 bits per heavy atom. The molecule has 0 aliphatic carbocycles. The Bertz CT molecular complexity index is 3110. The lowest BCUT2D eigenvalue weighted by atomic mass is 10.0. The lowest BCUT2D eigenvalue weighted by Crippen LogP contribution is -2.42. The number of benzene rings is 2. The van der Waals surface area contributed by atoms with Gasteiger partial charge in [-0.3, -0.25) is 9.36 Å². The number of aromatic nitrogens is 8. The number of hydrogen-bond acceptors (Lipinski definition) is 12. The Morgan fingerprint density at radius 3 is 1.16 bits per heavy atom. The number of carbonyl (C=O) groups excluding carboxylic acids is 2. The van der Waals surface area contributed by atoms with Gasteiger partial charge in [-0.1, -0.05) is 13.8 Å². The molecule has 28 heteroatoms. The summed E-state index contributed by atoms with van der Waals surface area (Å²) in [5.74, 6) is 0.196. The number of ether oxygens (including phenoxy) is 2. The van der Waals surface area contributed by atoms with E-state index in [0.29, 0.717) is 61.1 Å². The maximum absolute atomic E-state index is 13.6. The summed E-state index contributed by atoms with van der Waals surface area (Å²) >= 11 is 0. The van der Waals surface area contributed by atoms with E-state index in [1.807, 2.05) is 13.8 Å². The minimum Gasteiger partial charge on any atom is -0.447 e. The maximum atomic E-state index is 13.6. The molecule has 8 rings (SSSR count). The molecule has 2 fully saturated rings. The Balaban J connectivity index is 0.000000239. The number of amides is 2. The summed E-state index contributed by atoms with van der Waals surface area (Å²) in [7, 11) is 3.48. The summed E-state index contributed by atoms with van der Waals surface area (Å²) in [5.41, 5.74) is -4.13. The predicted molar refractivity (Wildman–Crippen MR) is 280 cm³/mol. The van der Waals surface area contributed by atoms with E-state index in [9.17, 15) is 62.3 Å². The van der Waals surface area contributed by atoms with Crippen LogP contribution in [0.5, 0.6) is 0 Å². The van der Waals surface area contributed by atoms with Crippen molar-refractivity contribution >= 4 is 24.1 Å². The first-order valence-corrected chi connectivity index (χ1v) is 26.3. The zero-order chi connectivity index (χ0) is 61.1. The summed E-state index contributed by atoms with van der Waals surface area (Å²) in [5, 5.41) is 8.22. The van der Waals surface area contributed by atoms with Crippen molar-refractivity contribution in [2.75, 3.05) is 22.9 Å². The summed E-state index contributed by atoms with van der Waals surface area (Å²) in [6.07, 6.45) is -6.75. The second-order valence-corrected chi connectivity index (χ2v) is 21.6. The predicted octanol–water partition coefficient (Wildman–Crippen LogP) is 13.0. The third-order valence-corrected chi connectivity index (χ3v) is 13.7. The van der Waals surface area contributed by atoms with Crippen LogP contribution in [0, 0.1) is 0 Å². The zero-order valence-electron chi connectivity index (χ0n) is 46.7. The number of likely N-dealkylation sites (tertiary alicyclic amines) is 2. The Morgan fingerprint density at radius 1 is 0.542 bits per heavy atom. The van der Waals surface area contributed by atoms with Crippen molar-refractivity contribution in [2.45, 2.75) is 148 Å². The lowest BCUT2D eigenvalue weighted by molar-refractivity contribution is -0.144. The minimum atomic E-state index is -4.99. The van der Waals surface area contributed by atoms with Crippen molar-refractivity contribution in [1.82, 2.24) is 49.3 Å². The van der Waals surface area contributed by atoms with E-state index in [1.54, 1.807) is 97.6 Å². The van der Waals surface area contributed by atoms with E-state index in [-0.39, 0.29) is 79.5 Å². The van der Waals surface area contributed by atoms with E-state index >= 15 is 0 Å². The molecule has 0 spiro atoms. The molecule has 2 aromatic carbocycles. The Kier molecular flexibility index (Phi) is 18.7. The second kappa shape index (κ2) is 24.6. The van der Waals surface area contributed by atoms with Gasteiger partial charge in [0.15, 0.2) is 0 Å². The van der Waals surface area contributed by atoms with Crippen LogP contribution in [0.1, 0.15) is 108 Å². The molecule has 16 nitrogen and oxygen atoms in total. The third kappa shape index (κ3) is 16.1. The van der Waals surface area contributed by atoms with Crippen molar-refractivity contribution in [3.63, 3.8) is 0 Å². The first-order valence-electron chi connectivity index (χ1n) is 26.3. The van der Waals surface area contributed by atoms with Crippen LogP contribution in [0.15, 0.2) is 86.0 Å². The van der Waals surface area contributed by atoms with Crippen LogP contribution < -0.4 is 9.80 Å². The standard InChI is InChI=1S/C28H32F6N6O2.C27H30F6N6O2/c1-6-22-10-23(16-40(22)25(41)42-26(2,3)4)39(24-35-11-18(12-36-24)19-13-37-38(5)15-19)14-17-7-20(27(29,30)31)9-21(8-17)28(32,33)34;1-5-22-9-23(15-39(22)25(40)41-16(2)3)38(24-34-10-18(11-35-24)19-12-36-37(4)14-19)13-17-6-20(26(28,29)30)8-21(7-17)27(31,32)33/h7-9,11-13,15,22-23H,6,10,14,16H2,1-5H3;6-8,10-12,14,16,22-23H,5,9,13,15H2,1-4H3/t2*22-,23+/m11/s1. The number of anilines is 2. The molecule has 2 aliphatic heterocycles. The van der Waals surface area contributed by atoms with Gasteiger partial charge in [0.2, 0.25) is 11.9 Å². The van der Waals surface area contributed by atoms with E-state index in [0.717, 1.165) is 11.1 Å². The largest absolute Gasteiger partial charge is 0.447 e. The molecule has 4 atom stereocenters. The number of hydrogen-bond donors (Lipinski definition) is 0. The molecular weight excluding hydrogens is 1120 g/mol. The van der Waals surface area contributed by atoms with E-state index in [4.69, 9.17) is 9.47 Å². The summed E-state index contributed by atoms with van der Waals surface area (Å²) in [4.78, 5) is 49.7. The highest BCUT2D eigenvalue weighted by atomic mass is 19.4. The Hall–Kier alpha value is -7.68. The quantitative estimate of drug-likeness (QED) is 0.101.